The average molecular weight is 332 g/mol. The van der Waals surface area contributed by atoms with Crippen molar-refractivity contribution in [2.75, 3.05) is 39.3 Å². The number of benzene rings is 1. The average Bonchev–Trinajstić information content (AvgIpc) is 3.10. The minimum absolute atomic E-state index is 0.247. The fraction of sp³-hybridized carbons (Fsp3) is 0.438. The fourth-order valence-corrected chi connectivity index (χ4v) is 2.60. The molecule has 0 unspecified atom stereocenters. The summed E-state index contributed by atoms with van der Waals surface area (Å²) in [5.41, 5.74) is 0.857. The van der Waals surface area contributed by atoms with Crippen LogP contribution in [0.4, 0.5) is 4.39 Å². The van der Waals surface area contributed by atoms with Crippen molar-refractivity contribution in [3.63, 3.8) is 0 Å². The van der Waals surface area contributed by atoms with Crippen molar-refractivity contribution in [2.24, 2.45) is 0 Å². The van der Waals surface area contributed by atoms with E-state index in [0.717, 1.165) is 39.1 Å². The minimum Gasteiger partial charge on any atom is -0.351 e. The molecule has 1 aliphatic heterocycles. The number of halogens is 1. The Labute approximate surface area is 139 Å². The summed E-state index contributed by atoms with van der Waals surface area (Å²) in [4.78, 5) is 15.8. The molecule has 0 radical (unpaired) electrons. The summed E-state index contributed by atoms with van der Waals surface area (Å²) in [5, 5.41) is 14.3. The van der Waals surface area contributed by atoms with Crippen LogP contribution in [0.25, 0.3) is 5.69 Å². The van der Waals surface area contributed by atoms with Crippen molar-refractivity contribution in [3.8, 4) is 5.69 Å². The van der Waals surface area contributed by atoms with Gasteiger partial charge in [-0.1, -0.05) is 0 Å². The maximum atomic E-state index is 12.9. The van der Waals surface area contributed by atoms with Gasteiger partial charge < -0.3 is 15.5 Å². The van der Waals surface area contributed by atoms with Crippen molar-refractivity contribution in [1.29, 1.82) is 0 Å². The number of piperazine rings is 1. The molecule has 1 fully saturated rings. The molecule has 1 aliphatic rings. The molecule has 0 aliphatic carbocycles. The van der Waals surface area contributed by atoms with Crippen LogP contribution >= 0.6 is 0 Å². The molecule has 24 heavy (non-hydrogen) atoms. The first-order valence-electron chi connectivity index (χ1n) is 8.12. The van der Waals surface area contributed by atoms with E-state index in [2.05, 4.69) is 25.7 Å². The van der Waals surface area contributed by atoms with Crippen LogP contribution < -0.4 is 10.6 Å². The summed E-state index contributed by atoms with van der Waals surface area (Å²) >= 11 is 0. The molecule has 2 aromatic rings. The number of hydrogen-bond donors (Lipinski definition) is 2. The molecule has 8 heteroatoms. The summed E-state index contributed by atoms with van der Waals surface area (Å²) in [7, 11) is 0. The maximum Gasteiger partial charge on any atom is 0.273 e. The highest BCUT2D eigenvalue weighted by Crippen LogP contribution is 2.07. The number of hydrogen-bond acceptors (Lipinski definition) is 5. The molecule has 1 aromatic heterocycles. The summed E-state index contributed by atoms with van der Waals surface area (Å²) in [6, 6.07) is 5.78. The van der Waals surface area contributed by atoms with Crippen LogP contribution in [-0.4, -0.2) is 65.1 Å². The van der Waals surface area contributed by atoms with Gasteiger partial charge in [0.25, 0.3) is 5.91 Å². The summed E-state index contributed by atoms with van der Waals surface area (Å²) < 4.78 is 12.9. The molecule has 1 amide bonds. The number of carbonyl (C=O) groups excluding carboxylic acids is 1. The summed E-state index contributed by atoms with van der Waals surface area (Å²) in [6.45, 7) is 5.74. The lowest BCUT2D eigenvalue weighted by atomic mass is 10.3. The third-order valence-electron chi connectivity index (χ3n) is 3.93. The molecule has 0 spiro atoms. The van der Waals surface area contributed by atoms with Gasteiger partial charge in [-0.05, 0) is 37.2 Å². The zero-order valence-corrected chi connectivity index (χ0v) is 13.4. The highest BCUT2D eigenvalue weighted by atomic mass is 19.1. The van der Waals surface area contributed by atoms with E-state index in [1.165, 1.54) is 23.1 Å². The number of carbonyl (C=O) groups is 1. The highest BCUT2D eigenvalue weighted by molar-refractivity contribution is 5.91. The van der Waals surface area contributed by atoms with Crippen molar-refractivity contribution in [2.45, 2.75) is 6.42 Å². The Morgan fingerprint density at radius 2 is 2.00 bits per heavy atom. The molecule has 2 heterocycles. The van der Waals surface area contributed by atoms with E-state index in [1.54, 1.807) is 12.1 Å². The largest absolute Gasteiger partial charge is 0.351 e. The second kappa shape index (κ2) is 7.98. The predicted molar refractivity (Wildman–Crippen MR) is 87.6 cm³/mol. The maximum absolute atomic E-state index is 12.9. The second-order valence-corrected chi connectivity index (χ2v) is 5.70. The third-order valence-corrected chi connectivity index (χ3v) is 3.93. The van der Waals surface area contributed by atoms with Crippen molar-refractivity contribution in [3.05, 3.63) is 42.0 Å². The Bertz CT molecular complexity index is 665. The van der Waals surface area contributed by atoms with E-state index >= 15 is 0 Å². The molecule has 1 saturated heterocycles. The van der Waals surface area contributed by atoms with Gasteiger partial charge in [0.2, 0.25) is 0 Å². The summed E-state index contributed by atoms with van der Waals surface area (Å²) in [6.07, 6.45) is 2.31. The summed E-state index contributed by atoms with van der Waals surface area (Å²) in [5.74, 6) is -0.572. The first-order chi connectivity index (χ1) is 11.7. The van der Waals surface area contributed by atoms with Gasteiger partial charge in [-0.15, -0.1) is 5.10 Å². The van der Waals surface area contributed by atoms with E-state index in [1.807, 2.05) is 0 Å². The molecule has 7 nitrogen and oxygen atoms in total. The van der Waals surface area contributed by atoms with Crippen LogP contribution in [0.1, 0.15) is 16.9 Å². The fourth-order valence-electron chi connectivity index (χ4n) is 2.60. The quantitative estimate of drug-likeness (QED) is 0.751. The molecule has 0 atom stereocenters. The van der Waals surface area contributed by atoms with Crippen LogP contribution in [0.15, 0.2) is 30.5 Å². The van der Waals surface area contributed by atoms with E-state index < -0.39 is 0 Å². The first-order valence-corrected chi connectivity index (χ1v) is 8.12. The third kappa shape index (κ3) is 4.36. The van der Waals surface area contributed by atoms with Crippen LogP contribution in [0.5, 0.6) is 0 Å². The zero-order valence-electron chi connectivity index (χ0n) is 13.4. The van der Waals surface area contributed by atoms with Gasteiger partial charge in [0, 0.05) is 32.7 Å². The Morgan fingerprint density at radius 1 is 1.25 bits per heavy atom. The van der Waals surface area contributed by atoms with E-state index in [4.69, 9.17) is 0 Å². The Balaban J connectivity index is 1.46. The highest BCUT2D eigenvalue weighted by Gasteiger charge is 2.12. The van der Waals surface area contributed by atoms with Gasteiger partial charge in [0.05, 0.1) is 11.9 Å². The Hall–Kier alpha value is -2.32. The van der Waals surface area contributed by atoms with Crippen molar-refractivity contribution < 1.29 is 9.18 Å². The monoisotopic (exact) mass is 332 g/mol. The number of nitrogens with one attached hydrogen (secondary N) is 2. The van der Waals surface area contributed by atoms with E-state index in [0.29, 0.717) is 12.2 Å². The standard InChI is InChI=1S/C16H21FN6O/c17-13-2-4-14(5-3-13)23-20-12-15(21-23)16(24)19-6-1-9-22-10-7-18-8-11-22/h2-5,12,18H,1,6-11H2,(H,19,24). The molecule has 2 N–H and O–H groups in total. The van der Waals surface area contributed by atoms with Gasteiger partial charge in [-0.25, -0.2) is 4.39 Å². The smallest absolute Gasteiger partial charge is 0.273 e. The number of amides is 1. The number of rotatable bonds is 6. The molecular weight excluding hydrogens is 311 g/mol. The van der Waals surface area contributed by atoms with Crippen LogP contribution in [0, 0.1) is 5.82 Å². The predicted octanol–water partition coefficient (Wildman–Crippen LogP) is 0.432. The van der Waals surface area contributed by atoms with Crippen molar-refractivity contribution in [1.82, 2.24) is 30.5 Å². The van der Waals surface area contributed by atoms with Crippen LogP contribution in [0.2, 0.25) is 0 Å². The molecule has 0 bridgehead atoms. The number of aromatic nitrogens is 3. The molecule has 0 saturated carbocycles. The van der Waals surface area contributed by atoms with Gasteiger partial charge >= 0.3 is 0 Å². The zero-order chi connectivity index (χ0) is 16.8. The first kappa shape index (κ1) is 16.5. The Morgan fingerprint density at radius 3 is 2.75 bits per heavy atom. The van der Waals surface area contributed by atoms with Gasteiger partial charge in [0.15, 0.2) is 5.69 Å². The lowest BCUT2D eigenvalue weighted by Gasteiger charge is -2.26. The normalized spacial score (nSPS) is 15.4. The molecule has 128 valence electrons. The molecular formula is C16H21FN6O. The Kier molecular flexibility index (Phi) is 5.50. The van der Waals surface area contributed by atoms with Crippen molar-refractivity contribution >= 4 is 5.91 Å². The van der Waals surface area contributed by atoms with Gasteiger partial charge in [-0.3, -0.25) is 4.79 Å². The second-order valence-electron chi connectivity index (χ2n) is 5.70. The molecule has 3 rings (SSSR count). The topological polar surface area (TPSA) is 75.1 Å². The van der Waals surface area contributed by atoms with Gasteiger partial charge in [-0.2, -0.15) is 9.90 Å². The van der Waals surface area contributed by atoms with Gasteiger partial charge in [0.1, 0.15) is 5.82 Å². The van der Waals surface area contributed by atoms with Crippen LogP contribution in [0.3, 0.4) is 0 Å². The minimum atomic E-state index is -0.326. The molecule has 1 aromatic carbocycles. The lowest BCUT2D eigenvalue weighted by Crippen LogP contribution is -2.44. The van der Waals surface area contributed by atoms with Crippen LogP contribution in [-0.2, 0) is 0 Å². The SMILES string of the molecule is O=C(NCCCN1CCNCC1)c1cnn(-c2ccc(F)cc2)n1. The lowest BCUT2D eigenvalue weighted by molar-refractivity contribution is 0.0946. The number of nitrogens with zero attached hydrogens (tertiary/aromatic N) is 4. The van der Waals surface area contributed by atoms with E-state index in [-0.39, 0.29) is 17.4 Å². The van der Waals surface area contributed by atoms with E-state index in [9.17, 15) is 9.18 Å².